The molecule has 2 heterocycles. The molecule has 1 unspecified atom stereocenters. The van der Waals surface area contributed by atoms with Crippen LogP contribution in [0.1, 0.15) is 56.8 Å². The standard InChI is InChI=1S/C16H24N4O3S/c17-14(22)12-7-4-8-20(9-12)13(21)10-24-16-19-18-15(23-16)11-5-2-1-3-6-11/h11-12H,1-10H2,(H2,17,22). The summed E-state index contributed by atoms with van der Waals surface area (Å²) in [5, 5.41) is 8.65. The number of aromatic nitrogens is 2. The van der Waals surface area contributed by atoms with Crippen LogP contribution in [0.2, 0.25) is 0 Å². The molecule has 0 bridgehead atoms. The van der Waals surface area contributed by atoms with Crippen molar-refractivity contribution in [2.24, 2.45) is 11.7 Å². The minimum Gasteiger partial charge on any atom is -0.416 e. The van der Waals surface area contributed by atoms with E-state index in [-0.39, 0.29) is 23.5 Å². The molecule has 3 rings (SSSR count). The van der Waals surface area contributed by atoms with Crippen molar-refractivity contribution in [3.05, 3.63) is 5.89 Å². The predicted octanol–water partition coefficient (Wildman–Crippen LogP) is 1.93. The average Bonchev–Trinajstić information content (AvgIpc) is 3.09. The van der Waals surface area contributed by atoms with Gasteiger partial charge in [0.2, 0.25) is 17.7 Å². The Kier molecular flexibility index (Phi) is 5.76. The van der Waals surface area contributed by atoms with Crippen molar-refractivity contribution in [1.82, 2.24) is 15.1 Å². The highest BCUT2D eigenvalue weighted by Gasteiger charge is 2.27. The second kappa shape index (κ2) is 8.00. The van der Waals surface area contributed by atoms with E-state index in [1.165, 1.54) is 31.0 Å². The van der Waals surface area contributed by atoms with Gasteiger partial charge in [0.05, 0.1) is 11.7 Å². The lowest BCUT2D eigenvalue weighted by Crippen LogP contribution is -2.44. The lowest BCUT2D eigenvalue weighted by molar-refractivity contribution is -0.132. The number of nitrogens with two attached hydrogens (primary N) is 1. The van der Waals surface area contributed by atoms with Gasteiger partial charge in [-0.2, -0.15) is 0 Å². The highest BCUT2D eigenvalue weighted by molar-refractivity contribution is 7.99. The Hall–Kier alpha value is -1.57. The van der Waals surface area contributed by atoms with Gasteiger partial charge in [0.1, 0.15) is 0 Å². The normalized spacial score (nSPS) is 22.5. The fourth-order valence-corrected chi connectivity index (χ4v) is 4.12. The largest absolute Gasteiger partial charge is 0.416 e. The van der Waals surface area contributed by atoms with Crippen LogP contribution in [0.3, 0.4) is 0 Å². The zero-order chi connectivity index (χ0) is 16.9. The van der Waals surface area contributed by atoms with Crippen molar-refractivity contribution < 1.29 is 14.0 Å². The Balaban J connectivity index is 1.49. The summed E-state index contributed by atoms with van der Waals surface area (Å²) in [6.07, 6.45) is 7.50. The smallest absolute Gasteiger partial charge is 0.277 e. The van der Waals surface area contributed by atoms with Crippen molar-refractivity contribution in [1.29, 1.82) is 0 Å². The number of primary amides is 1. The number of likely N-dealkylation sites (tertiary alicyclic amines) is 1. The zero-order valence-corrected chi connectivity index (χ0v) is 14.6. The first kappa shape index (κ1) is 17.3. The number of amides is 2. The molecule has 1 atom stereocenters. The van der Waals surface area contributed by atoms with E-state index in [0.717, 1.165) is 25.7 Å². The van der Waals surface area contributed by atoms with Crippen LogP contribution in [-0.4, -0.2) is 45.8 Å². The van der Waals surface area contributed by atoms with Gasteiger partial charge < -0.3 is 15.1 Å². The van der Waals surface area contributed by atoms with E-state index < -0.39 is 0 Å². The summed E-state index contributed by atoms with van der Waals surface area (Å²) in [5.41, 5.74) is 5.35. The van der Waals surface area contributed by atoms with Gasteiger partial charge in [0.25, 0.3) is 5.22 Å². The first-order valence-electron chi connectivity index (χ1n) is 8.67. The molecule has 2 N–H and O–H groups in total. The summed E-state index contributed by atoms with van der Waals surface area (Å²) in [6, 6.07) is 0. The highest BCUT2D eigenvalue weighted by Crippen LogP contribution is 2.33. The van der Waals surface area contributed by atoms with Gasteiger partial charge in [-0.25, -0.2) is 0 Å². The summed E-state index contributed by atoms with van der Waals surface area (Å²) >= 11 is 1.27. The number of carbonyl (C=O) groups is 2. The van der Waals surface area contributed by atoms with Gasteiger partial charge in [-0.1, -0.05) is 31.0 Å². The van der Waals surface area contributed by atoms with Gasteiger partial charge in [-0.3, -0.25) is 9.59 Å². The molecule has 1 aliphatic carbocycles. The second-order valence-corrected chi connectivity index (χ2v) is 7.54. The van der Waals surface area contributed by atoms with Gasteiger partial charge >= 0.3 is 0 Å². The number of thioether (sulfide) groups is 1. The quantitative estimate of drug-likeness (QED) is 0.812. The molecule has 1 aromatic rings. The van der Waals surface area contributed by atoms with E-state index in [1.807, 2.05) is 0 Å². The number of hydrogen-bond acceptors (Lipinski definition) is 6. The minimum atomic E-state index is -0.325. The zero-order valence-electron chi connectivity index (χ0n) is 13.8. The molecular weight excluding hydrogens is 328 g/mol. The lowest BCUT2D eigenvalue weighted by Gasteiger charge is -2.31. The van der Waals surface area contributed by atoms with Crippen molar-refractivity contribution in [2.45, 2.75) is 56.1 Å². The molecule has 7 nitrogen and oxygen atoms in total. The molecule has 1 aromatic heterocycles. The molecule has 1 saturated heterocycles. The van der Waals surface area contributed by atoms with Gasteiger partial charge in [0, 0.05) is 19.0 Å². The van der Waals surface area contributed by atoms with Crippen LogP contribution in [0.15, 0.2) is 9.64 Å². The van der Waals surface area contributed by atoms with Crippen molar-refractivity contribution >= 4 is 23.6 Å². The highest BCUT2D eigenvalue weighted by atomic mass is 32.2. The third-order valence-electron chi connectivity index (χ3n) is 4.87. The molecule has 0 aromatic carbocycles. The molecule has 2 fully saturated rings. The summed E-state index contributed by atoms with van der Waals surface area (Å²) in [7, 11) is 0. The number of hydrogen-bond donors (Lipinski definition) is 1. The van der Waals surface area contributed by atoms with Crippen molar-refractivity contribution in [2.75, 3.05) is 18.8 Å². The molecule has 24 heavy (non-hydrogen) atoms. The Bertz CT molecular complexity index is 586. The Morgan fingerprint density at radius 3 is 2.71 bits per heavy atom. The molecule has 8 heteroatoms. The summed E-state index contributed by atoms with van der Waals surface area (Å²) in [6.45, 7) is 1.10. The van der Waals surface area contributed by atoms with Crippen LogP contribution < -0.4 is 5.73 Å². The van der Waals surface area contributed by atoms with Crippen LogP contribution in [0.4, 0.5) is 0 Å². The third kappa shape index (κ3) is 4.28. The molecule has 0 radical (unpaired) electrons. The van der Waals surface area contributed by atoms with Crippen molar-refractivity contribution in [3.63, 3.8) is 0 Å². The minimum absolute atomic E-state index is 0.0108. The molecular formula is C16H24N4O3S. The molecule has 132 valence electrons. The predicted molar refractivity (Wildman–Crippen MR) is 89.3 cm³/mol. The first-order chi connectivity index (χ1) is 11.6. The van der Waals surface area contributed by atoms with Gasteiger partial charge in [-0.15, -0.1) is 10.2 Å². The fraction of sp³-hybridized carbons (Fsp3) is 0.750. The molecule has 0 spiro atoms. The maximum atomic E-state index is 12.3. The van der Waals surface area contributed by atoms with Crippen LogP contribution >= 0.6 is 11.8 Å². The van der Waals surface area contributed by atoms with Crippen molar-refractivity contribution in [3.8, 4) is 0 Å². The van der Waals surface area contributed by atoms with E-state index in [4.69, 9.17) is 10.2 Å². The van der Waals surface area contributed by atoms with E-state index in [9.17, 15) is 9.59 Å². The Morgan fingerprint density at radius 1 is 1.17 bits per heavy atom. The summed E-state index contributed by atoms with van der Waals surface area (Å²) < 4.78 is 5.72. The van der Waals surface area contributed by atoms with E-state index in [2.05, 4.69) is 10.2 Å². The fourth-order valence-electron chi connectivity index (χ4n) is 3.44. The maximum absolute atomic E-state index is 12.3. The molecule has 1 saturated carbocycles. The molecule has 1 aliphatic heterocycles. The molecule has 2 aliphatic rings. The Labute approximate surface area is 145 Å². The first-order valence-corrected chi connectivity index (χ1v) is 9.65. The SMILES string of the molecule is NC(=O)C1CCCN(C(=O)CSc2nnc(C3CCCCC3)o2)C1. The van der Waals surface area contributed by atoms with Crippen LogP contribution in [0, 0.1) is 5.92 Å². The third-order valence-corrected chi connectivity index (χ3v) is 5.68. The van der Waals surface area contributed by atoms with E-state index in [1.54, 1.807) is 4.90 Å². The van der Waals surface area contributed by atoms with Crippen LogP contribution in [-0.2, 0) is 9.59 Å². The average molecular weight is 352 g/mol. The topological polar surface area (TPSA) is 102 Å². The van der Waals surface area contributed by atoms with Crippen LogP contribution in [0.5, 0.6) is 0 Å². The van der Waals surface area contributed by atoms with Gasteiger partial charge in [-0.05, 0) is 25.7 Å². The number of nitrogens with zero attached hydrogens (tertiary/aromatic N) is 3. The van der Waals surface area contributed by atoms with Gasteiger partial charge in [0.15, 0.2) is 0 Å². The number of carbonyl (C=O) groups excluding carboxylic acids is 2. The lowest BCUT2D eigenvalue weighted by atomic mass is 9.89. The maximum Gasteiger partial charge on any atom is 0.277 e. The monoisotopic (exact) mass is 352 g/mol. The second-order valence-electron chi connectivity index (χ2n) is 6.61. The Morgan fingerprint density at radius 2 is 1.96 bits per heavy atom. The summed E-state index contributed by atoms with van der Waals surface area (Å²) in [4.78, 5) is 25.3. The molecule has 2 amide bonds. The van der Waals surface area contributed by atoms with E-state index in [0.29, 0.717) is 30.1 Å². The van der Waals surface area contributed by atoms with E-state index >= 15 is 0 Å². The number of rotatable bonds is 5. The summed E-state index contributed by atoms with van der Waals surface area (Å²) in [5.74, 6) is 0.760. The van der Waals surface area contributed by atoms with Crippen LogP contribution in [0.25, 0.3) is 0 Å². The number of piperidine rings is 1.